The molecule has 6 atom stereocenters. The van der Waals surface area contributed by atoms with Crippen LogP contribution in [0.3, 0.4) is 0 Å². The molecule has 26 heavy (non-hydrogen) atoms. The zero-order valence-corrected chi connectivity index (χ0v) is 13.8. The average molecular weight is 352 g/mol. The summed E-state index contributed by atoms with van der Waals surface area (Å²) in [6.07, 6.45) is 5.09. The van der Waals surface area contributed by atoms with Gasteiger partial charge in [0.15, 0.2) is 0 Å². The fraction of sp³-hybridized carbons (Fsp3) is 0.421. The van der Waals surface area contributed by atoms with Gasteiger partial charge in [0.05, 0.1) is 23.2 Å². The van der Waals surface area contributed by atoms with E-state index in [4.69, 9.17) is 0 Å². The van der Waals surface area contributed by atoms with Crippen LogP contribution in [-0.4, -0.2) is 27.5 Å². The van der Waals surface area contributed by atoms with Gasteiger partial charge < -0.3 is 0 Å². The van der Waals surface area contributed by atoms with E-state index in [-0.39, 0.29) is 47.6 Å². The topological polar surface area (TPSA) is 97.6 Å². The molecule has 7 heteroatoms. The van der Waals surface area contributed by atoms with Crippen LogP contribution in [0.15, 0.2) is 36.4 Å². The second kappa shape index (κ2) is 5.09. The van der Waals surface area contributed by atoms with Crippen molar-refractivity contribution in [1.29, 1.82) is 0 Å². The van der Waals surface area contributed by atoms with Crippen molar-refractivity contribution in [3.63, 3.8) is 0 Å². The van der Waals surface area contributed by atoms with Crippen LogP contribution in [0.1, 0.15) is 12.0 Å². The monoisotopic (exact) mass is 352 g/mol. The van der Waals surface area contributed by atoms with E-state index in [0.717, 1.165) is 11.3 Å². The van der Waals surface area contributed by atoms with Crippen LogP contribution in [0.4, 0.5) is 5.69 Å². The van der Waals surface area contributed by atoms with Gasteiger partial charge in [0.1, 0.15) is 0 Å². The van der Waals surface area contributed by atoms with Crippen LogP contribution in [0, 0.1) is 45.6 Å². The molecule has 3 amide bonds. The van der Waals surface area contributed by atoms with Gasteiger partial charge in [-0.3, -0.25) is 24.5 Å². The molecule has 1 heterocycles. The van der Waals surface area contributed by atoms with Gasteiger partial charge in [-0.1, -0.05) is 24.3 Å². The van der Waals surface area contributed by atoms with Crippen molar-refractivity contribution in [2.24, 2.45) is 35.5 Å². The zero-order valence-electron chi connectivity index (χ0n) is 13.8. The van der Waals surface area contributed by atoms with Crippen molar-refractivity contribution in [1.82, 2.24) is 4.90 Å². The molecule has 0 unspecified atom stereocenters. The van der Waals surface area contributed by atoms with Gasteiger partial charge in [0.2, 0.25) is 17.7 Å². The van der Waals surface area contributed by atoms with Gasteiger partial charge in [0.25, 0.3) is 5.69 Å². The summed E-state index contributed by atoms with van der Waals surface area (Å²) >= 11 is 0. The van der Waals surface area contributed by atoms with Crippen molar-refractivity contribution in [3.8, 4) is 0 Å². The Morgan fingerprint density at radius 1 is 1.04 bits per heavy atom. The average Bonchev–Trinajstić information content (AvgIpc) is 3.39. The second-order valence-electron chi connectivity index (χ2n) is 7.66. The number of likely N-dealkylation sites (tertiary alicyclic amines) is 1. The van der Waals surface area contributed by atoms with E-state index in [1.54, 1.807) is 0 Å². The minimum atomic E-state index is -0.545. The first-order valence-corrected chi connectivity index (χ1v) is 8.79. The molecule has 2 saturated carbocycles. The van der Waals surface area contributed by atoms with Crippen LogP contribution in [0.25, 0.3) is 0 Å². The van der Waals surface area contributed by atoms with Gasteiger partial charge in [0, 0.05) is 12.1 Å². The molecule has 132 valence electrons. The predicted molar refractivity (Wildman–Crippen MR) is 88.4 cm³/mol. The number of carbonyl (C=O) groups is 3. The molecule has 5 aliphatic rings. The van der Waals surface area contributed by atoms with E-state index in [9.17, 15) is 24.5 Å². The number of nitrogens with zero attached hydrogens (tertiary/aromatic N) is 2. The van der Waals surface area contributed by atoms with E-state index in [2.05, 4.69) is 12.2 Å². The van der Waals surface area contributed by atoms with Crippen LogP contribution < -0.4 is 0 Å². The number of nitro benzene ring substituents is 1. The molecule has 4 aliphatic carbocycles. The molecule has 3 fully saturated rings. The van der Waals surface area contributed by atoms with Gasteiger partial charge in [-0.15, -0.1) is 0 Å². The first kappa shape index (κ1) is 15.4. The first-order valence-electron chi connectivity index (χ1n) is 8.79. The Morgan fingerprint density at radius 3 is 2.08 bits per heavy atom. The number of non-ortho nitro benzene ring substituents is 1. The minimum absolute atomic E-state index is 0.0672. The van der Waals surface area contributed by atoms with Gasteiger partial charge in [-0.2, -0.15) is 0 Å². The van der Waals surface area contributed by atoms with Crippen molar-refractivity contribution in [2.45, 2.75) is 12.8 Å². The van der Waals surface area contributed by atoms with Crippen LogP contribution in [0.5, 0.6) is 0 Å². The molecule has 0 spiro atoms. The van der Waals surface area contributed by atoms with E-state index in [1.165, 1.54) is 24.3 Å². The molecule has 6 rings (SSSR count). The summed E-state index contributed by atoms with van der Waals surface area (Å²) in [4.78, 5) is 49.4. The normalized spacial score (nSPS) is 36.1. The predicted octanol–water partition coefficient (Wildman–Crippen LogP) is 1.72. The maximum atomic E-state index is 12.8. The lowest BCUT2D eigenvalue weighted by molar-refractivity contribution is -0.384. The standard InChI is InChI=1S/C19H16N2O5/c22-15(7-9-1-3-10(4-2-9)21(25)26)20-18(23)16-11-5-6-12(14-8-13(11)14)17(16)19(20)24/h1-6,11-14,16-17H,7-8H2/t11-,12-,13-,14+,16+,17+/m0/s1. The molecule has 0 radical (unpaired) electrons. The molecule has 7 nitrogen and oxygen atoms in total. The number of hydrogen-bond acceptors (Lipinski definition) is 5. The maximum Gasteiger partial charge on any atom is 0.269 e. The quantitative estimate of drug-likeness (QED) is 0.357. The fourth-order valence-electron chi connectivity index (χ4n) is 5.19. The molecule has 0 N–H and O–H groups in total. The number of imide groups is 3. The van der Waals surface area contributed by atoms with Crippen LogP contribution in [-0.2, 0) is 20.8 Å². The van der Waals surface area contributed by atoms with Crippen molar-refractivity contribution >= 4 is 23.4 Å². The minimum Gasteiger partial charge on any atom is -0.274 e. The highest BCUT2D eigenvalue weighted by Gasteiger charge is 2.67. The Labute approximate surface area is 148 Å². The summed E-state index contributed by atoms with van der Waals surface area (Å²) in [6.45, 7) is 0. The largest absolute Gasteiger partial charge is 0.274 e. The number of hydrogen-bond donors (Lipinski definition) is 0. The lowest BCUT2D eigenvalue weighted by atomic mass is 9.63. The SMILES string of the molecule is O=C(Cc1ccc([N+](=O)[O-])cc1)N1C(=O)[C@@H]2[C@H]3C=C[C@@H]([C@@H]4C[C@H]34)[C@H]2C1=O. The lowest BCUT2D eigenvalue weighted by Crippen LogP contribution is -2.40. The van der Waals surface area contributed by atoms with Crippen molar-refractivity contribution in [3.05, 3.63) is 52.1 Å². The number of amides is 3. The number of allylic oxidation sites excluding steroid dienone is 2. The van der Waals surface area contributed by atoms with Gasteiger partial charge in [-0.25, -0.2) is 4.90 Å². The van der Waals surface area contributed by atoms with Crippen molar-refractivity contribution in [2.75, 3.05) is 0 Å². The van der Waals surface area contributed by atoms with Gasteiger partial charge in [-0.05, 0) is 35.7 Å². The summed E-state index contributed by atoms with van der Waals surface area (Å²) < 4.78 is 0. The summed E-state index contributed by atoms with van der Waals surface area (Å²) in [5, 5.41) is 10.7. The highest BCUT2D eigenvalue weighted by molar-refractivity contribution is 6.18. The summed E-state index contributed by atoms with van der Waals surface area (Å²) in [6, 6.07) is 5.59. The maximum absolute atomic E-state index is 12.8. The molecule has 2 bridgehead atoms. The summed E-state index contributed by atoms with van der Waals surface area (Å²) in [5.41, 5.74) is 0.474. The fourth-order valence-corrected chi connectivity index (χ4v) is 5.19. The Hall–Kier alpha value is -2.83. The van der Waals surface area contributed by atoms with E-state index in [0.29, 0.717) is 17.4 Å². The van der Waals surface area contributed by atoms with E-state index in [1.807, 2.05) is 0 Å². The van der Waals surface area contributed by atoms with E-state index >= 15 is 0 Å². The molecular formula is C19H16N2O5. The molecule has 1 saturated heterocycles. The second-order valence-corrected chi connectivity index (χ2v) is 7.66. The molecule has 1 aromatic carbocycles. The van der Waals surface area contributed by atoms with E-state index < -0.39 is 10.8 Å². The third kappa shape index (κ3) is 1.97. The molecule has 0 aromatic heterocycles. The van der Waals surface area contributed by atoms with Crippen molar-refractivity contribution < 1.29 is 19.3 Å². The summed E-state index contributed by atoms with van der Waals surface area (Å²) in [7, 11) is 0. The van der Waals surface area contributed by atoms with Crippen LogP contribution in [0.2, 0.25) is 0 Å². The number of benzene rings is 1. The number of carbonyl (C=O) groups excluding carboxylic acids is 3. The molecule has 1 aliphatic heterocycles. The lowest BCUT2D eigenvalue weighted by Gasteiger charge is -2.37. The third-order valence-electron chi connectivity index (χ3n) is 6.41. The third-order valence-corrected chi connectivity index (χ3v) is 6.41. The summed E-state index contributed by atoms with van der Waals surface area (Å²) in [5.74, 6) is -0.888. The smallest absolute Gasteiger partial charge is 0.269 e. The Bertz CT molecular complexity index is 854. The number of rotatable bonds is 3. The highest BCUT2D eigenvalue weighted by Crippen LogP contribution is 2.65. The van der Waals surface area contributed by atoms with Crippen LogP contribution >= 0.6 is 0 Å². The molecular weight excluding hydrogens is 336 g/mol. The first-order chi connectivity index (χ1) is 12.5. The van der Waals surface area contributed by atoms with Gasteiger partial charge >= 0.3 is 0 Å². The zero-order chi connectivity index (χ0) is 18.2. The Balaban J connectivity index is 1.37. The Morgan fingerprint density at radius 2 is 1.58 bits per heavy atom. The Kier molecular flexibility index (Phi) is 3.02. The molecule has 1 aromatic rings. The number of nitro groups is 1. The highest BCUT2D eigenvalue weighted by atomic mass is 16.6.